The van der Waals surface area contributed by atoms with Gasteiger partial charge in [0.2, 0.25) is 5.91 Å². The number of nitrogens with one attached hydrogen (secondary N) is 1. The molecule has 0 aliphatic heterocycles. The van der Waals surface area contributed by atoms with Crippen LogP contribution in [-0.4, -0.2) is 10.8 Å². The van der Waals surface area contributed by atoms with Crippen LogP contribution >= 0.6 is 15.9 Å². The molecule has 0 saturated carbocycles. The van der Waals surface area contributed by atoms with Gasteiger partial charge in [-0.15, -0.1) is 0 Å². The Hall–Kier alpha value is -1.43. The Balaban J connectivity index is 2.91. The Morgan fingerprint density at radius 3 is 2.73 bits per heavy atom. The molecular formula is C9H9BrN2O3. The SMILES string of the molecule is CCC(=O)Nc1ccc([N+](=O)[O-])c(Br)c1. The summed E-state index contributed by atoms with van der Waals surface area (Å²) in [5.41, 5.74) is 0.517. The van der Waals surface area contributed by atoms with E-state index in [1.54, 1.807) is 6.92 Å². The molecule has 1 aromatic carbocycles. The second kappa shape index (κ2) is 4.88. The standard InChI is InChI=1S/C9H9BrN2O3/c1-2-9(13)11-6-3-4-8(12(14)15)7(10)5-6/h3-5H,2H2,1H3,(H,11,13). The van der Waals surface area contributed by atoms with Crippen LogP contribution in [0.2, 0.25) is 0 Å². The number of anilines is 1. The van der Waals surface area contributed by atoms with Crippen molar-refractivity contribution >= 4 is 33.2 Å². The maximum Gasteiger partial charge on any atom is 0.283 e. The zero-order valence-electron chi connectivity index (χ0n) is 7.99. The van der Waals surface area contributed by atoms with Crippen molar-refractivity contribution < 1.29 is 9.72 Å². The van der Waals surface area contributed by atoms with Crippen molar-refractivity contribution in [2.45, 2.75) is 13.3 Å². The van der Waals surface area contributed by atoms with Gasteiger partial charge >= 0.3 is 0 Å². The molecular weight excluding hydrogens is 264 g/mol. The lowest BCUT2D eigenvalue weighted by Gasteiger charge is -2.03. The number of carbonyl (C=O) groups is 1. The van der Waals surface area contributed by atoms with E-state index in [0.717, 1.165) is 0 Å². The molecule has 6 heteroatoms. The number of amides is 1. The van der Waals surface area contributed by atoms with E-state index in [2.05, 4.69) is 21.2 Å². The van der Waals surface area contributed by atoms with E-state index in [4.69, 9.17) is 0 Å². The summed E-state index contributed by atoms with van der Waals surface area (Å²) in [5, 5.41) is 13.1. The number of hydrogen-bond acceptors (Lipinski definition) is 3. The number of hydrogen-bond donors (Lipinski definition) is 1. The number of benzene rings is 1. The number of rotatable bonds is 3. The molecule has 0 heterocycles. The number of nitro groups is 1. The molecule has 1 rings (SSSR count). The van der Waals surface area contributed by atoms with E-state index in [9.17, 15) is 14.9 Å². The van der Waals surface area contributed by atoms with Crippen LogP contribution in [0.5, 0.6) is 0 Å². The van der Waals surface area contributed by atoms with Crippen LogP contribution < -0.4 is 5.32 Å². The van der Waals surface area contributed by atoms with Crippen LogP contribution in [0.1, 0.15) is 13.3 Å². The molecule has 0 spiro atoms. The van der Waals surface area contributed by atoms with Crippen molar-refractivity contribution in [1.29, 1.82) is 0 Å². The minimum Gasteiger partial charge on any atom is -0.326 e. The van der Waals surface area contributed by atoms with Crippen LogP contribution in [0.25, 0.3) is 0 Å². The molecule has 15 heavy (non-hydrogen) atoms. The van der Waals surface area contributed by atoms with E-state index in [0.29, 0.717) is 16.6 Å². The molecule has 0 saturated heterocycles. The van der Waals surface area contributed by atoms with E-state index in [-0.39, 0.29) is 11.6 Å². The summed E-state index contributed by atoms with van der Waals surface area (Å²) in [6.07, 6.45) is 0.370. The van der Waals surface area contributed by atoms with Gasteiger partial charge in [-0.1, -0.05) is 6.92 Å². The molecule has 0 aromatic heterocycles. The summed E-state index contributed by atoms with van der Waals surface area (Å²) in [7, 11) is 0. The highest BCUT2D eigenvalue weighted by Gasteiger charge is 2.11. The first-order valence-electron chi connectivity index (χ1n) is 4.28. The first kappa shape index (κ1) is 11.6. The van der Waals surface area contributed by atoms with E-state index in [1.165, 1.54) is 18.2 Å². The van der Waals surface area contributed by atoms with Crippen molar-refractivity contribution in [2.24, 2.45) is 0 Å². The molecule has 0 unspecified atom stereocenters. The number of nitrogens with zero attached hydrogens (tertiary/aromatic N) is 1. The highest BCUT2D eigenvalue weighted by molar-refractivity contribution is 9.10. The molecule has 0 bridgehead atoms. The lowest BCUT2D eigenvalue weighted by atomic mass is 10.3. The Morgan fingerprint density at radius 1 is 1.60 bits per heavy atom. The maximum atomic E-state index is 11.1. The first-order valence-corrected chi connectivity index (χ1v) is 5.07. The Kier molecular flexibility index (Phi) is 3.79. The summed E-state index contributed by atoms with van der Waals surface area (Å²) < 4.78 is 0.349. The van der Waals surface area contributed by atoms with Gasteiger partial charge in [0.1, 0.15) is 0 Å². The smallest absolute Gasteiger partial charge is 0.283 e. The third-order valence-corrected chi connectivity index (χ3v) is 2.38. The average molecular weight is 273 g/mol. The highest BCUT2D eigenvalue weighted by atomic mass is 79.9. The van der Waals surface area contributed by atoms with Crippen molar-refractivity contribution in [2.75, 3.05) is 5.32 Å². The molecule has 80 valence electrons. The molecule has 5 nitrogen and oxygen atoms in total. The topological polar surface area (TPSA) is 72.2 Å². The quantitative estimate of drug-likeness (QED) is 0.679. The van der Waals surface area contributed by atoms with Gasteiger partial charge in [0, 0.05) is 18.2 Å². The van der Waals surface area contributed by atoms with Crippen LogP contribution in [-0.2, 0) is 4.79 Å². The zero-order valence-corrected chi connectivity index (χ0v) is 9.58. The fourth-order valence-corrected chi connectivity index (χ4v) is 1.51. The van der Waals surface area contributed by atoms with E-state index in [1.807, 2.05) is 0 Å². The molecule has 1 aromatic rings. The molecule has 0 aliphatic carbocycles. The minimum atomic E-state index is -0.491. The highest BCUT2D eigenvalue weighted by Crippen LogP contribution is 2.27. The number of carbonyl (C=O) groups excluding carboxylic acids is 1. The van der Waals surface area contributed by atoms with Crippen molar-refractivity contribution in [3.05, 3.63) is 32.8 Å². The predicted octanol–water partition coefficient (Wildman–Crippen LogP) is 2.71. The van der Waals surface area contributed by atoms with Gasteiger partial charge in [0.15, 0.2) is 0 Å². The van der Waals surface area contributed by atoms with Crippen molar-refractivity contribution in [1.82, 2.24) is 0 Å². The summed E-state index contributed by atoms with van der Waals surface area (Å²) >= 11 is 3.07. The van der Waals surface area contributed by atoms with Crippen LogP contribution in [0.15, 0.2) is 22.7 Å². The fourth-order valence-electron chi connectivity index (χ4n) is 0.982. The number of nitro benzene ring substituents is 1. The second-order valence-electron chi connectivity index (χ2n) is 2.83. The lowest BCUT2D eigenvalue weighted by molar-refractivity contribution is -0.385. The molecule has 1 N–H and O–H groups in total. The van der Waals surface area contributed by atoms with Crippen molar-refractivity contribution in [3.63, 3.8) is 0 Å². The third kappa shape index (κ3) is 3.02. The van der Waals surface area contributed by atoms with E-state index < -0.39 is 4.92 Å². The fraction of sp³-hybridized carbons (Fsp3) is 0.222. The van der Waals surface area contributed by atoms with Gasteiger partial charge in [0.25, 0.3) is 5.69 Å². The van der Waals surface area contributed by atoms with Crippen molar-refractivity contribution in [3.8, 4) is 0 Å². The monoisotopic (exact) mass is 272 g/mol. The second-order valence-corrected chi connectivity index (χ2v) is 3.68. The summed E-state index contributed by atoms with van der Waals surface area (Å²) in [5.74, 6) is -0.129. The Morgan fingerprint density at radius 2 is 2.27 bits per heavy atom. The summed E-state index contributed by atoms with van der Waals surface area (Å²) in [4.78, 5) is 21.1. The molecule has 0 fully saturated rings. The van der Waals surface area contributed by atoms with Crippen LogP contribution in [0.4, 0.5) is 11.4 Å². The van der Waals surface area contributed by atoms with Crippen LogP contribution in [0, 0.1) is 10.1 Å². The first-order chi connectivity index (χ1) is 7.04. The summed E-state index contributed by atoms with van der Waals surface area (Å²) in [6, 6.07) is 4.34. The normalized spacial score (nSPS) is 9.73. The summed E-state index contributed by atoms with van der Waals surface area (Å²) in [6.45, 7) is 1.73. The van der Waals surface area contributed by atoms with Gasteiger partial charge in [-0.25, -0.2) is 0 Å². The molecule has 0 aliphatic rings. The minimum absolute atomic E-state index is 0.0236. The van der Waals surface area contributed by atoms with E-state index >= 15 is 0 Å². The third-order valence-electron chi connectivity index (χ3n) is 1.75. The average Bonchev–Trinajstić information content (AvgIpc) is 2.17. The van der Waals surface area contributed by atoms with Gasteiger partial charge in [-0.2, -0.15) is 0 Å². The maximum absolute atomic E-state index is 11.1. The van der Waals surface area contributed by atoms with Gasteiger partial charge in [-0.05, 0) is 28.1 Å². The van der Waals surface area contributed by atoms with Gasteiger partial charge in [-0.3, -0.25) is 14.9 Å². The van der Waals surface area contributed by atoms with Crippen LogP contribution in [0.3, 0.4) is 0 Å². The van der Waals surface area contributed by atoms with Gasteiger partial charge < -0.3 is 5.32 Å². The Labute approximate surface area is 94.8 Å². The predicted molar refractivity (Wildman–Crippen MR) is 59.7 cm³/mol. The van der Waals surface area contributed by atoms with Gasteiger partial charge in [0.05, 0.1) is 9.40 Å². The molecule has 1 amide bonds. The Bertz CT molecular complexity index is 406. The molecule has 0 radical (unpaired) electrons. The zero-order chi connectivity index (χ0) is 11.4. The number of halogens is 1. The lowest BCUT2D eigenvalue weighted by Crippen LogP contribution is -2.09. The largest absolute Gasteiger partial charge is 0.326 e. The molecule has 0 atom stereocenters.